The maximum Gasteiger partial charge on any atom is 0.303 e. The molecule has 6 nitrogen and oxygen atoms in total. The van der Waals surface area contributed by atoms with Crippen molar-refractivity contribution in [3.8, 4) is 6.07 Å². The summed E-state index contributed by atoms with van der Waals surface area (Å²) < 4.78 is 0. The summed E-state index contributed by atoms with van der Waals surface area (Å²) >= 11 is 0. The lowest BCUT2D eigenvalue weighted by molar-refractivity contribution is -0.137. The van der Waals surface area contributed by atoms with Crippen LogP contribution in [0.3, 0.4) is 0 Å². The molecule has 0 aromatic heterocycles. The average molecular weight is 464 g/mol. The van der Waals surface area contributed by atoms with Gasteiger partial charge in [-0.2, -0.15) is 5.26 Å². The van der Waals surface area contributed by atoms with Crippen LogP contribution in [-0.2, 0) is 4.79 Å². The molecule has 1 fully saturated rings. The fourth-order valence-corrected chi connectivity index (χ4v) is 4.87. The molecule has 1 aliphatic rings. The fourth-order valence-electron chi connectivity index (χ4n) is 4.87. The van der Waals surface area contributed by atoms with Crippen LogP contribution in [0.5, 0.6) is 0 Å². The predicted octanol–water partition coefficient (Wildman–Crippen LogP) is 6.18. The van der Waals surface area contributed by atoms with Gasteiger partial charge in [-0.3, -0.25) is 4.79 Å². The van der Waals surface area contributed by atoms with Gasteiger partial charge in [0.25, 0.3) is 0 Å². The number of nitrogens with one attached hydrogen (secondary N) is 1. The molecular formula is C28H37N3O3. The highest BCUT2D eigenvalue weighted by molar-refractivity contribution is 5.77. The summed E-state index contributed by atoms with van der Waals surface area (Å²) in [6, 6.07) is 16.0. The van der Waals surface area contributed by atoms with E-state index in [0.717, 1.165) is 41.9 Å². The van der Waals surface area contributed by atoms with Crippen molar-refractivity contribution in [1.29, 1.82) is 5.26 Å². The minimum atomic E-state index is -0.864. The van der Waals surface area contributed by atoms with Crippen LogP contribution in [-0.4, -0.2) is 34.4 Å². The highest BCUT2D eigenvalue weighted by Gasteiger charge is 2.29. The quantitative estimate of drug-likeness (QED) is 0.389. The van der Waals surface area contributed by atoms with Crippen LogP contribution in [0.1, 0.15) is 82.8 Å². The Balaban J connectivity index is 2.06. The Morgan fingerprint density at radius 3 is 2.41 bits per heavy atom. The Morgan fingerprint density at radius 1 is 1.18 bits per heavy atom. The standard InChI is InChI=1S/C28H37N3O3/c1-4-21(17-27(32)33)22-12-15-26(25(16-22)30-23-13-10-20(18-29)11-14-23)31(19-28(2,3)34)24-8-6-5-7-9-24/h10-16,21,24,30,34H,4-9,17,19H2,1-3H3,(H,32,33)/t21-/m1/s1. The molecule has 1 aliphatic carbocycles. The van der Waals surface area contributed by atoms with Crippen LogP contribution in [0.25, 0.3) is 0 Å². The number of carbonyl (C=O) groups is 1. The molecule has 3 N–H and O–H groups in total. The number of anilines is 3. The molecule has 3 rings (SSSR count). The van der Waals surface area contributed by atoms with Crippen LogP contribution in [0.15, 0.2) is 42.5 Å². The summed E-state index contributed by atoms with van der Waals surface area (Å²) in [6.07, 6.45) is 6.60. The summed E-state index contributed by atoms with van der Waals surface area (Å²) in [5.74, 6) is -0.881. The van der Waals surface area contributed by atoms with Gasteiger partial charge in [0.2, 0.25) is 0 Å². The Labute approximate surface area is 203 Å². The Morgan fingerprint density at radius 2 is 1.85 bits per heavy atom. The number of hydrogen-bond acceptors (Lipinski definition) is 5. The van der Waals surface area contributed by atoms with Crippen molar-refractivity contribution in [2.45, 2.75) is 83.3 Å². The lowest BCUT2D eigenvalue weighted by atomic mass is 9.90. The van der Waals surface area contributed by atoms with Crippen LogP contribution in [0, 0.1) is 11.3 Å². The third kappa shape index (κ3) is 6.98. The second-order valence-electron chi connectivity index (χ2n) is 10.0. The Hall–Kier alpha value is -3.04. The molecule has 6 heteroatoms. The molecule has 1 saturated carbocycles. The third-order valence-corrected chi connectivity index (χ3v) is 6.58. The van der Waals surface area contributed by atoms with Gasteiger partial charge < -0.3 is 20.4 Å². The summed E-state index contributed by atoms with van der Waals surface area (Å²) in [5.41, 5.74) is 3.47. The smallest absolute Gasteiger partial charge is 0.303 e. The van der Waals surface area contributed by atoms with Crippen molar-refractivity contribution in [3.05, 3.63) is 53.6 Å². The lowest BCUT2D eigenvalue weighted by Gasteiger charge is -2.40. The molecule has 0 spiro atoms. The first-order valence-corrected chi connectivity index (χ1v) is 12.3. The second kappa shape index (κ2) is 11.4. The van der Waals surface area contributed by atoms with E-state index in [4.69, 9.17) is 5.26 Å². The van der Waals surface area contributed by atoms with Crippen molar-refractivity contribution < 1.29 is 15.0 Å². The number of nitriles is 1. The molecule has 2 aromatic rings. The first kappa shape index (κ1) is 25.6. The van der Waals surface area contributed by atoms with Gasteiger partial charge in [-0.25, -0.2) is 0 Å². The molecule has 0 aliphatic heterocycles. The predicted molar refractivity (Wildman–Crippen MR) is 137 cm³/mol. The number of benzene rings is 2. The molecule has 0 saturated heterocycles. The molecule has 0 unspecified atom stereocenters. The minimum absolute atomic E-state index is 0.0783. The molecule has 1 atom stereocenters. The van der Waals surface area contributed by atoms with Gasteiger partial charge in [0.05, 0.1) is 35.0 Å². The maximum atomic E-state index is 11.4. The van der Waals surface area contributed by atoms with Crippen LogP contribution >= 0.6 is 0 Å². The molecular weight excluding hydrogens is 426 g/mol. The van der Waals surface area contributed by atoms with Crippen molar-refractivity contribution in [2.75, 3.05) is 16.8 Å². The number of aliphatic hydroxyl groups is 1. The van der Waals surface area contributed by atoms with E-state index < -0.39 is 11.6 Å². The molecule has 0 radical (unpaired) electrons. The topological polar surface area (TPSA) is 96.6 Å². The second-order valence-corrected chi connectivity index (χ2v) is 10.0. The van der Waals surface area contributed by atoms with Crippen LogP contribution < -0.4 is 10.2 Å². The lowest BCUT2D eigenvalue weighted by Crippen LogP contribution is -2.45. The molecule has 0 bridgehead atoms. The summed E-state index contributed by atoms with van der Waals surface area (Å²) in [5, 5.41) is 32.8. The molecule has 34 heavy (non-hydrogen) atoms. The van der Waals surface area contributed by atoms with Gasteiger partial charge in [-0.1, -0.05) is 32.3 Å². The molecule has 182 valence electrons. The summed E-state index contributed by atoms with van der Waals surface area (Å²) in [7, 11) is 0. The summed E-state index contributed by atoms with van der Waals surface area (Å²) in [4.78, 5) is 13.8. The van der Waals surface area contributed by atoms with Gasteiger partial charge in [-0.15, -0.1) is 0 Å². The van der Waals surface area contributed by atoms with Crippen molar-refractivity contribution in [2.24, 2.45) is 0 Å². The minimum Gasteiger partial charge on any atom is -0.481 e. The molecule has 0 amide bonds. The SMILES string of the molecule is CC[C@H](CC(=O)O)c1ccc(N(CC(C)(C)O)C2CCCCC2)c(Nc2ccc(C#N)cc2)c1. The van der Waals surface area contributed by atoms with E-state index in [2.05, 4.69) is 28.4 Å². The molecule has 2 aromatic carbocycles. The number of nitrogens with zero attached hydrogens (tertiary/aromatic N) is 2. The van der Waals surface area contributed by atoms with E-state index in [1.165, 1.54) is 19.3 Å². The number of carboxylic acid groups (broad SMARTS) is 1. The number of rotatable bonds is 10. The van der Waals surface area contributed by atoms with E-state index in [1.54, 1.807) is 12.1 Å². The van der Waals surface area contributed by atoms with Crippen LogP contribution in [0.2, 0.25) is 0 Å². The first-order valence-electron chi connectivity index (χ1n) is 12.3. The molecule has 0 heterocycles. The number of carboxylic acids is 1. The summed E-state index contributed by atoms with van der Waals surface area (Å²) in [6.45, 7) is 6.19. The number of aliphatic carboxylic acids is 1. The van der Waals surface area contributed by atoms with Crippen molar-refractivity contribution in [3.63, 3.8) is 0 Å². The zero-order valence-electron chi connectivity index (χ0n) is 20.6. The van der Waals surface area contributed by atoms with E-state index in [0.29, 0.717) is 18.2 Å². The first-order chi connectivity index (χ1) is 16.2. The average Bonchev–Trinajstić information content (AvgIpc) is 2.81. The highest BCUT2D eigenvalue weighted by atomic mass is 16.4. The van der Waals surface area contributed by atoms with Gasteiger partial charge >= 0.3 is 5.97 Å². The van der Waals surface area contributed by atoms with Gasteiger partial charge in [0, 0.05) is 18.3 Å². The van der Waals surface area contributed by atoms with E-state index in [9.17, 15) is 15.0 Å². The van der Waals surface area contributed by atoms with Gasteiger partial charge in [0.15, 0.2) is 0 Å². The van der Waals surface area contributed by atoms with Crippen molar-refractivity contribution in [1.82, 2.24) is 0 Å². The van der Waals surface area contributed by atoms with E-state index >= 15 is 0 Å². The Kier molecular flexibility index (Phi) is 8.57. The van der Waals surface area contributed by atoms with Gasteiger partial charge in [-0.05, 0) is 81.0 Å². The van der Waals surface area contributed by atoms with Gasteiger partial charge in [0.1, 0.15) is 0 Å². The van der Waals surface area contributed by atoms with E-state index in [-0.39, 0.29) is 12.3 Å². The third-order valence-electron chi connectivity index (χ3n) is 6.58. The van der Waals surface area contributed by atoms with Crippen LogP contribution in [0.4, 0.5) is 17.1 Å². The fraction of sp³-hybridized carbons (Fsp3) is 0.500. The zero-order valence-corrected chi connectivity index (χ0v) is 20.6. The monoisotopic (exact) mass is 463 g/mol. The maximum absolute atomic E-state index is 11.4. The normalized spacial score (nSPS) is 15.4. The zero-order chi connectivity index (χ0) is 24.7. The highest BCUT2D eigenvalue weighted by Crippen LogP contribution is 2.38. The van der Waals surface area contributed by atoms with Crippen molar-refractivity contribution >= 4 is 23.0 Å². The Bertz CT molecular complexity index is 999. The largest absolute Gasteiger partial charge is 0.481 e. The number of hydrogen-bond donors (Lipinski definition) is 3. The van der Waals surface area contributed by atoms with E-state index in [1.807, 2.05) is 39.0 Å².